The quantitative estimate of drug-likeness (QED) is 0.832. The maximum Gasteiger partial charge on any atom is 0.326 e. The van der Waals surface area contributed by atoms with Crippen LogP contribution in [0.2, 0.25) is 0 Å². The van der Waals surface area contributed by atoms with Crippen molar-refractivity contribution >= 4 is 21.7 Å². The summed E-state index contributed by atoms with van der Waals surface area (Å²) in [5.41, 5.74) is 0.765. The molecule has 1 aliphatic rings. The largest absolute Gasteiger partial charge is 0.480 e. The van der Waals surface area contributed by atoms with E-state index in [9.17, 15) is 23.1 Å². The first-order chi connectivity index (χ1) is 10.4. The minimum absolute atomic E-state index is 0.0124. The highest BCUT2D eigenvalue weighted by Crippen LogP contribution is 2.20. The fourth-order valence-electron chi connectivity index (χ4n) is 2.56. The van der Waals surface area contributed by atoms with E-state index in [1.807, 2.05) is 6.07 Å². The molecular weight excluding hydrogens is 306 g/mol. The molecule has 1 aliphatic heterocycles. The summed E-state index contributed by atoms with van der Waals surface area (Å²) < 4.78 is 23.8. The Labute approximate surface area is 129 Å². The molecule has 1 saturated heterocycles. The molecule has 0 aliphatic carbocycles. The number of amides is 1. The molecule has 2 unspecified atom stereocenters. The molecule has 1 aromatic rings. The number of nitrogens with one attached hydrogen (secondary N) is 1. The highest BCUT2D eigenvalue weighted by atomic mass is 32.2. The first-order valence-electron chi connectivity index (χ1n) is 7.19. The van der Waals surface area contributed by atoms with Crippen LogP contribution >= 0.6 is 0 Å². The van der Waals surface area contributed by atoms with Crippen molar-refractivity contribution in [1.29, 1.82) is 0 Å². The van der Waals surface area contributed by atoms with Crippen LogP contribution in [0.4, 0.5) is 0 Å². The van der Waals surface area contributed by atoms with Crippen LogP contribution in [0.1, 0.15) is 24.8 Å². The fraction of sp³-hybridized carbons (Fsp3) is 0.467. The minimum Gasteiger partial charge on any atom is -0.480 e. The second-order valence-corrected chi connectivity index (χ2v) is 7.74. The highest BCUT2D eigenvalue weighted by molar-refractivity contribution is 7.92. The minimum atomic E-state index is -3.47. The molecule has 6 nitrogen and oxygen atoms in total. The number of carbonyl (C=O) groups excluding carboxylic acids is 1. The molecule has 0 bridgehead atoms. The van der Waals surface area contributed by atoms with Crippen LogP contribution in [0, 0.1) is 0 Å². The van der Waals surface area contributed by atoms with E-state index < -0.39 is 33.0 Å². The molecule has 0 saturated carbocycles. The van der Waals surface area contributed by atoms with Crippen molar-refractivity contribution in [3.63, 3.8) is 0 Å². The number of carbonyl (C=O) groups is 2. The van der Waals surface area contributed by atoms with E-state index >= 15 is 0 Å². The predicted molar refractivity (Wildman–Crippen MR) is 81.1 cm³/mol. The summed E-state index contributed by atoms with van der Waals surface area (Å²) in [5.74, 6) is -1.89. The van der Waals surface area contributed by atoms with E-state index in [1.54, 1.807) is 24.3 Å². The van der Waals surface area contributed by atoms with E-state index in [-0.39, 0.29) is 18.6 Å². The Kier molecular flexibility index (Phi) is 5.18. The van der Waals surface area contributed by atoms with Gasteiger partial charge in [0.05, 0.1) is 5.75 Å². The van der Waals surface area contributed by atoms with E-state index in [4.69, 9.17) is 0 Å². The molecular formula is C15H19NO5S. The van der Waals surface area contributed by atoms with Gasteiger partial charge in [-0.05, 0) is 18.4 Å². The first-order valence-corrected chi connectivity index (χ1v) is 8.90. The van der Waals surface area contributed by atoms with Crippen molar-refractivity contribution < 1.29 is 23.1 Å². The van der Waals surface area contributed by atoms with Gasteiger partial charge >= 0.3 is 5.97 Å². The molecule has 1 fully saturated rings. The lowest BCUT2D eigenvalue weighted by Crippen LogP contribution is -2.50. The summed E-state index contributed by atoms with van der Waals surface area (Å²) in [4.78, 5) is 23.5. The standard InChI is InChI=1S/C15H19NO5S/c17-14(13-8-4-5-9-22(13,20)21)16-12(15(18)19)10-11-6-2-1-3-7-11/h1-3,6-7,12-13H,4-5,8-10H2,(H,16,17)(H,18,19). The molecule has 7 heteroatoms. The van der Waals surface area contributed by atoms with Gasteiger partial charge in [0.25, 0.3) is 0 Å². The van der Waals surface area contributed by atoms with Crippen molar-refractivity contribution in [1.82, 2.24) is 5.32 Å². The monoisotopic (exact) mass is 325 g/mol. The third kappa shape index (κ3) is 4.07. The summed E-state index contributed by atoms with van der Waals surface area (Å²) in [6.07, 6.45) is 1.59. The van der Waals surface area contributed by atoms with Gasteiger partial charge in [-0.25, -0.2) is 13.2 Å². The Hall–Kier alpha value is -1.89. The molecule has 120 valence electrons. The van der Waals surface area contributed by atoms with Crippen LogP contribution in [-0.2, 0) is 25.8 Å². The Morgan fingerprint density at radius 2 is 1.91 bits per heavy atom. The van der Waals surface area contributed by atoms with E-state index in [1.165, 1.54) is 0 Å². The summed E-state index contributed by atoms with van der Waals surface area (Å²) >= 11 is 0. The molecule has 1 heterocycles. The van der Waals surface area contributed by atoms with Gasteiger partial charge in [0.1, 0.15) is 11.3 Å². The number of hydrogen-bond acceptors (Lipinski definition) is 4. The van der Waals surface area contributed by atoms with Gasteiger partial charge in [-0.1, -0.05) is 36.8 Å². The number of aliphatic carboxylic acids is 1. The molecule has 1 amide bonds. The predicted octanol–water partition coefficient (Wildman–Crippen LogP) is 0.766. The molecule has 1 aromatic carbocycles. The van der Waals surface area contributed by atoms with Crippen molar-refractivity contribution in [2.45, 2.75) is 37.0 Å². The van der Waals surface area contributed by atoms with Crippen molar-refractivity contribution in [2.75, 3.05) is 5.75 Å². The maximum atomic E-state index is 12.2. The van der Waals surface area contributed by atoms with Crippen molar-refractivity contribution in [2.24, 2.45) is 0 Å². The van der Waals surface area contributed by atoms with Crippen LogP contribution in [-0.4, -0.2) is 42.4 Å². The Bertz CT molecular complexity index is 641. The Morgan fingerprint density at radius 3 is 2.50 bits per heavy atom. The van der Waals surface area contributed by atoms with Crippen molar-refractivity contribution in [3.8, 4) is 0 Å². The van der Waals surface area contributed by atoms with E-state index in [2.05, 4.69) is 5.32 Å². The molecule has 0 spiro atoms. The number of benzene rings is 1. The van der Waals surface area contributed by atoms with Gasteiger partial charge in [-0.3, -0.25) is 4.79 Å². The van der Waals surface area contributed by atoms with Gasteiger partial charge < -0.3 is 10.4 Å². The molecule has 2 N–H and O–H groups in total. The molecule has 2 atom stereocenters. The van der Waals surface area contributed by atoms with E-state index in [0.29, 0.717) is 12.8 Å². The van der Waals surface area contributed by atoms with Gasteiger partial charge in [0.15, 0.2) is 9.84 Å². The second-order valence-electron chi connectivity index (χ2n) is 5.44. The van der Waals surface area contributed by atoms with Crippen molar-refractivity contribution in [3.05, 3.63) is 35.9 Å². The van der Waals surface area contributed by atoms with Crippen LogP contribution < -0.4 is 5.32 Å². The van der Waals surface area contributed by atoms with Crippen LogP contribution in [0.25, 0.3) is 0 Å². The summed E-state index contributed by atoms with van der Waals surface area (Å²) in [5, 5.41) is 10.5. The average Bonchev–Trinajstić information content (AvgIpc) is 2.47. The van der Waals surface area contributed by atoms with Crippen LogP contribution in [0.5, 0.6) is 0 Å². The lowest BCUT2D eigenvalue weighted by atomic mass is 10.1. The maximum absolute atomic E-state index is 12.2. The van der Waals surface area contributed by atoms with Gasteiger partial charge in [0, 0.05) is 6.42 Å². The number of carboxylic acids is 1. The lowest BCUT2D eigenvalue weighted by molar-refractivity contribution is -0.141. The third-order valence-electron chi connectivity index (χ3n) is 3.77. The number of carboxylic acid groups (broad SMARTS) is 1. The van der Waals surface area contributed by atoms with E-state index in [0.717, 1.165) is 5.56 Å². The topological polar surface area (TPSA) is 101 Å². The average molecular weight is 325 g/mol. The Balaban J connectivity index is 2.07. The summed E-state index contributed by atoms with van der Waals surface area (Å²) in [6, 6.07) is 7.77. The van der Waals surface area contributed by atoms with Gasteiger partial charge in [-0.15, -0.1) is 0 Å². The lowest BCUT2D eigenvalue weighted by Gasteiger charge is -2.23. The zero-order valence-corrected chi connectivity index (χ0v) is 12.9. The molecule has 0 radical (unpaired) electrons. The molecule has 22 heavy (non-hydrogen) atoms. The number of sulfone groups is 1. The smallest absolute Gasteiger partial charge is 0.326 e. The highest BCUT2D eigenvalue weighted by Gasteiger charge is 2.36. The third-order valence-corrected chi connectivity index (χ3v) is 5.94. The zero-order chi connectivity index (χ0) is 16.2. The zero-order valence-electron chi connectivity index (χ0n) is 12.1. The van der Waals surface area contributed by atoms with Crippen LogP contribution in [0.15, 0.2) is 30.3 Å². The Morgan fingerprint density at radius 1 is 1.23 bits per heavy atom. The van der Waals surface area contributed by atoms with Crippen LogP contribution in [0.3, 0.4) is 0 Å². The summed E-state index contributed by atoms with van der Waals surface area (Å²) in [7, 11) is -3.47. The summed E-state index contributed by atoms with van der Waals surface area (Å²) in [6.45, 7) is 0. The number of hydrogen-bond donors (Lipinski definition) is 2. The number of rotatable bonds is 5. The SMILES string of the molecule is O=C(O)C(Cc1ccccc1)NC(=O)C1CCCCS1(=O)=O. The molecule has 2 rings (SSSR count). The fourth-order valence-corrected chi connectivity index (χ4v) is 4.37. The van der Waals surface area contributed by atoms with Gasteiger partial charge in [-0.2, -0.15) is 0 Å². The molecule has 0 aromatic heterocycles. The first kappa shape index (κ1) is 16.5. The second kappa shape index (κ2) is 6.91. The normalized spacial score (nSPS) is 21.7. The van der Waals surface area contributed by atoms with Gasteiger partial charge in [0.2, 0.25) is 5.91 Å².